The largest absolute Gasteiger partial charge is 0.414 e. The Balaban J connectivity index is 2.68. The topological polar surface area (TPSA) is 120 Å². The van der Waals surface area contributed by atoms with Gasteiger partial charge in [0.15, 0.2) is 14.6 Å². The summed E-state index contributed by atoms with van der Waals surface area (Å²) in [6.07, 6.45) is -3.69. The maximum Gasteiger partial charge on any atom is 0.192 e. The third-order valence-electron chi connectivity index (χ3n) is 4.56. The predicted molar refractivity (Wildman–Crippen MR) is 86.8 cm³/mol. The summed E-state index contributed by atoms with van der Waals surface area (Å²) in [6.45, 7) is 11.4. The Kier molecular flexibility index (Phi) is 6.97. The molecular formula is C14H32N2O5Si. The summed E-state index contributed by atoms with van der Waals surface area (Å²) >= 11 is 0. The Morgan fingerprint density at radius 1 is 1.18 bits per heavy atom. The molecule has 1 rings (SSSR count). The van der Waals surface area contributed by atoms with E-state index in [4.69, 9.17) is 25.4 Å². The molecule has 1 fully saturated rings. The van der Waals surface area contributed by atoms with Crippen molar-refractivity contribution in [1.29, 1.82) is 0 Å². The van der Waals surface area contributed by atoms with Crippen LogP contribution in [0.25, 0.3) is 0 Å². The smallest absolute Gasteiger partial charge is 0.192 e. The highest BCUT2D eigenvalue weighted by Gasteiger charge is 2.45. The van der Waals surface area contributed by atoms with Crippen LogP contribution in [0.15, 0.2) is 0 Å². The van der Waals surface area contributed by atoms with Gasteiger partial charge in [-0.1, -0.05) is 20.8 Å². The van der Waals surface area contributed by atoms with E-state index in [-0.39, 0.29) is 18.3 Å². The number of hydrogen-bond donors (Lipinski definition) is 4. The van der Waals surface area contributed by atoms with Crippen molar-refractivity contribution in [2.24, 2.45) is 11.5 Å². The Bertz CT molecular complexity index is 351. The number of aliphatic hydroxyl groups is 2. The highest BCUT2D eigenvalue weighted by atomic mass is 28.4. The molecule has 1 aliphatic heterocycles. The number of rotatable bonds is 6. The fourth-order valence-electron chi connectivity index (χ4n) is 1.93. The van der Waals surface area contributed by atoms with Gasteiger partial charge in [-0.25, -0.2) is 0 Å². The Morgan fingerprint density at radius 2 is 1.77 bits per heavy atom. The molecular weight excluding hydrogens is 304 g/mol. The van der Waals surface area contributed by atoms with Crippen molar-refractivity contribution in [1.82, 2.24) is 0 Å². The third-order valence-corrected chi connectivity index (χ3v) is 9.06. The lowest BCUT2D eigenvalue weighted by molar-refractivity contribution is -0.263. The highest BCUT2D eigenvalue weighted by molar-refractivity contribution is 6.74. The van der Waals surface area contributed by atoms with E-state index in [1.165, 1.54) is 0 Å². The summed E-state index contributed by atoms with van der Waals surface area (Å²) in [5.41, 5.74) is 11.2. The molecule has 0 aromatic heterocycles. The second-order valence-corrected chi connectivity index (χ2v) is 12.1. The third kappa shape index (κ3) is 4.72. The van der Waals surface area contributed by atoms with Gasteiger partial charge in [-0.3, -0.25) is 0 Å². The van der Waals surface area contributed by atoms with Gasteiger partial charge in [0, 0.05) is 6.54 Å². The maximum absolute atomic E-state index is 10.2. The molecule has 22 heavy (non-hydrogen) atoms. The summed E-state index contributed by atoms with van der Waals surface area (Å²) in [7, 11) is -1.97. The highest BCUT2D eigenvalue weighted by Crippen LogP contribution is 2.37. The lowest BCUT2D eigenvalue weighted by Gasteiger charge is -2.43. The molecule has 2 unspecified atom stereocenters. The van der Waals surface area contributed by atoms with Gasteiger partial charge in [0.1, 0.15) is 18.3 Å². The summed E-state index contributed by atoms with van der Waals surface area (Å²) in [5, 5.41) is 20.3. The van der Waals surface area contributed by atoms with E-state index in [1.54, 1.807) is 0 Å². The zero-order valence-corrected chi connectivity index (χ0v) is 15.3. The summed E-state index contributed by atoms with van der Waals surface area (Å²) in [6, 6.07) is -0.814. The average Bonchev–Trinajstić information content (AvgIpc) is 2.42. The first kappa shape index (κ1) is 20.0. The van der Waals surface area contributed by atoms with E-state index in [1.807, 2.05) is 0 Å². The van der Waals surface area contributed by atoms with Crippen LogP contribution in [0.2, 0.25) is 18.1 Å². The van der Waals surface area contributed by atoms with Crippen molar-refractivity contribution >= 4 is 8.32 Å². The van der Waals surface area contributed by atoms with Gasteiger partial charge >= 0.3 is 0 Å². The monoisotopic (exact) mass is 336 g/mol. The van der Waals surface area contributed by atoms with Gasteiger partial charge in [-0.05, 0) is 18.1 Å². The SMILES string of the molecule is CC(C)(C)[Si](C)(C)OCC1O[C@@H](OCCN)C(N)[C@@H](O)[C@H]1O. The normalized spacial score (nSPS) is 34.0. The van der Waals surface area contributed by atoms with Gasteiger partial charge in [0.25, 0.3) is 0 Å². The standard InChI is InChI=1S/C14H32N2O5Si/c1-14(2,3)22(4,5)20-8-9-11(17)12(18)10(16)13(21-9)19-7-6-15/h9-13,17-18H,6-8,15-16H2,1-5H3/t9?,10?,11-,12+,13+/m0/s1. The summed E-state index contributed by atoms with van der Waals surface area (Å²) < 4.78 is 17.1. The molecule has 8 heteroatoms. The molecule has 0 aromatic carbocycles. The molecule has 0 amide bonds. The second-order valence-electron chi connectivity index (χ2n) is 7.33. The van der Waals surface area contributed by atoms with Crippen molar-refractivity contribution in [3.63, 3.8) is 0 Å². The van der Waals surface area contributed by atoms with Crippen LogP contribution in [-0.4, -0.2) is 68.9 Å². The van der Waals surface area contributed by atoms with E-state index in [0.717, 1.165) is 0 Å². The summed E-state index contributed by atoms with van der Waals surface area (Å²) in [4.78, 5) is 0. The molecule has 0 spiro atoms. The van der Waals surface area contributed by atoms with Crippen molar-refractivity contribution in [3.8, 4) is 0 Å². The zero-order valence-electron chi connectivity index (χ0n) is 14.3. The molecule has 1 aliphatic rings. The van der Waals surface area contributed by atoms with Crippen molar-refractivity contribution in [3.05, 3.63) is 0 Å². The average molecular weight is 337 g/mol. The van der Waals surface area contributed by atoms with E-state index >= 15 is 0 Å². The van der Waals surface area contributed by atoms with Crippen LogP contribution in [0.5, 0.6) is 0 Å². The fourth-order valence-corrected chi connectivity index (χ4v) is 2.95. The van der Waals surface area contributed by atoms with Crippen LogP contribution in [0, 0.1) is 0 Å². The molecule has 0 aromatic rings. The molecule has 1 saturated heterocycles. The summed E-state index contributed by atoms with van der Waals surface area (Å²) in [5.74, 6) is 0. The van der Waals surface area contributed by atoms with Gasteiger partial charge in [-0.15, -0.1) is 0 Å². The van der Waals surface area contributed by atoms with Gasteiger partial charge < -0.3 is 35.6 Å². The number of nitrogens with two attached hydrogens (primary N) is 2. The minimum absolute atomic E-state index is 0.0527. The molecule has 5 atom stereocenters. The Morgan fingerprint density at radius 3 is 2.27 bits per heavy atom. The zero-order chi connectivity index (χ0) is 17.1. The van der Waals surface area contributed by atoms with Crippen LogP contribution in [0.3, 0.4) is 0 Å². The minimum atomic E-state index is -1.97. The number of ether oxygens (including phenoxy) is 2. The van der Waals surface area contributed by atoms with Gasteiger partial charge in [0.2, 0.25) is 0 Å². The van der Waals surface area contributed by atoms with E-state index in [9.17, 15) is 10.2 Å². The Labute approximate surface area is 134 Å². The minimum Gasteiger partial charge on any atom is -0.414 e. The lowest BCUT2D eigenvalue weighted by atomic mass is 9.98. The number of hydrogen-bond acceptors (Lipinski definition) is 7. The van der Waals surface area contributed by atoms with Crippen LogP contribution >= 0.6 is 0 Å². The molecule has 0 saturated carbocycles. The Hall–Kier alpha value is -0.0631. The maximum atomic E-state index is 10.2. The van der Waals surface area contributed by atoms with Gasteiger partial charge in [0.05, 0.1) is 19.3 Å². The fraction of sp³-hybridized carbons (Fsp3) is 1.00. The molecule has 132 valence electrons. The van der Waals surface area contributed by atoms with E-state index in [2.05, 4.69) is 33.9 Å². The van der Waals surface area contributed by atoms with E-state index < -0.39 is 39.0 Å². The molecule has 0 bridgehead atoms. The van der Waals surface area contributed by atoms with Crippen molar-refractivity contribution < 1.29 is 24.1 Å². The molecule has 7 nitrogen and oxygen atoms in total. The molecule has 0 aliphatic carbocycles. The van der Waals surface area contributed by atoms with Crippen molar-refractivity contribution in [2.45, 2.75) is 69.5 Å². The predicted octanol–water partition coefficient (Wildman–Crippen LogP) is -0.242. The van der Waals surface area contributed by atoms with Gasteiger partial charge in [-0.2, -0.15) is 0 Å². The van der Waals surface area contributed by atoms with Crippen LogP contribution in [0.4, 0.5) is 0 Å². The van der Waals surface area contributed by atoms with Crippen LogP contribution in [0.1, 0.15) is 20.8 Å². The first-order chi connectivity index (χ1) is 10.0. The number of aliphatic hydroxyl groups excluding tert-OH is 2. The molecule has 6 N–H and O–H groups in total. The van der Waals surface area contributed by atoms with Crippen molar-refractivity contribution in [2.75, 3.05) is 19.8 Å². The lowest BCUT2D eigenvalue weighted by Crippen LogP contribution is -2.63. The van der Waals surface area contributed by atoms with Crippen LogP contribution < -0.4 is 11.5 Å². The first-order valence-corrected chi connectivity index (χ1v) is 10.6. The van der Waals surface area contributed by atoms with E-state index in [0.29, 0.717) is 6.54 Å². The second kappa shape index (κ2) is 7.67. The molecule has 0 radical (unpaired) electrons. The molecule has 1 heterocycles. The van der Waals surface area contributed by atoms with Crippen LogP contribution in [-0.2, 0) is 13.9 Å². The first-order valence-electron chi connectivity index (χ1n) is 7.74. The quantitative estimate of drug-likeness (QED) is 0.494.